The smallest absolute Gasteiger partial charge is 0.0624 e. The first-order valence-corrected chi connectivity index (χ1v) is 7.33. The monoisotopic (exact) mass is 249 g/mol. The molecule has 0 aliphatic heterocycles. The molecule has 3 nitrogen and oxygen atoms in total. The first-order chi connectivity index (χ1) is 8.52. The van der Waals surface area contributed by atoms with Crippen molar-refractivity contribution in [2.24, 2.45) is 18.7 Å². The third-order valence-corrected chi connectivity index (χ3v) is 4.43. The van der Waals surface area contributed by atoms with Gasteiger partial charge in [0.15, 0.2) is 0 Å². The SMILES string of the molecule is CCc1cc(CC2(N)CCCC(C)CC2)n(C)n1. The molecule has 0 amide bonds. The lowest BCUT2D eigenvalue weighted by Gasteiger charge is -2.28. The lowest BCUT2D eigenvalue weighted by Crippen LogP contribution is -2.42. The summed E-state index contributed by atoms with van der Waals surface area (Å²) in [6.07, 6.45) is 8.17. The Kier molecular flexibility index (Phi) is 4.10. The van der Waals surface area contributed by atoms with Gasteiger partial charge in [0.25, 0.3) is 0 Å². The fourth-order valence-corrected chi connectivity index (χ4v) is 3.05. The van der Waals surface area contributed by atoms with Crippen LogP contribution in [0, 0.1) is 5.92 Å². The summed E-state index contributed by atoms with van der Waals surface area (Å²) in [5.41, 5.74) is 9.10. The van der Waals surface area contributed by atoms with Crippen molar-refractivity contribution < 1.29 is 0 Å². The summed E-state index contributed by atoms with van der Waals surface area (Å²) < 4.78 is 2.02. The van der Waals surface area contributed by atoms with E-state index in [1.807, 2.05) is 11.7 Å². The van der Waals surface area contributed by atoms with Crippen molar-refractivity contribution in [2.45, 2.75) is 64.3 Å². The topological polar surface area (TPSA) is 43.8 Å². The van der Waals surface area contributed by atoms with Gasteiger partial charge in [0.05, 0.1) is 5.69 Å². The molecule has 102 valence electrons. The molecule has 2 N–H and O–H groups in total. The highest BCUT2D eigenvalue weighted by atomic mass is 15.3. The summed E-state index contributed by atoms with van der Waals surface area (Å²) in [7, 11) is 2.04. The average molecular weight is 249 g/mol. The molecule has 0 spiro atoms. The summed E-state index contributed by atoms with van der Waals surface area (Å²) in [4.78, 5) is 0. The standard InChI is InChI=1S/C15H27N3/c1-4-13-10-14(18(3)17-13)11-15(16)8-5-6-12(2)7-9-15/h10,12H,4-9,11,16H2,1-3H3. The minimum absolute atomic E-state index is 0.0104. The van der Waals surface area contributed by atoms with Crippen LogP contribution in [-0.2, 0) is 19.9 Å². The molecule has 1 aromatic rings. The molecule has 1 aromatic heterocycles. The largest absolute Gasteiger partial charge is 0.325 e. The van der Waals surface area contributed by atoms with E-state index in [0.717, 1.165) is 31.6 Å². The highest BCUT2D eigenvalue weighted by Gasteiger charge is 2.29. The minimum atomic E-state index is -0.0104. The Morgan fingerprint density at radius 3 is 2.89 bits per heavy atom. The van der Waals surface area contributed by atoms with Crippen molar-refractivity contribution in [1.82, 2.24) is 9.78 Å². The van der Waals surface area contributed by atoms with E-state index in [1.165, 1.54) is 30.7 Å². The van der Waals surface area contributed by atoms with Gasteiger partial charge < -0.3 is 5.73 Å². The maximum absolute atomic E-state index is 6.63. The molecule has 1 aliphatic carbocycles. The highest BCUT2D eigenvalue weighted by Crippen LogP contribution is 2.31. The molecule has 1 aliphatic rings. The van der Waals surface area contributed by atoms with Gasteiger partial charge in [0, 0.05) is 24.7 Å². The van der Waals surface area contributed by atoms with Gasteiger partial charge in [0.2, 0.25) is 0 Å². The summed E-state index contributed by atoms with van der Waals surface area (Å²) >= 11 is 0. The maximum atomic E-state index is 6.63. The van der Waals surface area contributed by atoms with Crippen LogP contribution in [0.4, 0.5) is 0 Å². The van der Waals surface area contributed by atoms with Crippen LogP contribution in [0.1, 0.15) is 57.3 Å². The second-order valence-electron chi connectivity index (χ2n) is 6.18. The zero-order chi connectivity index (χ0) is 13.2. The van der Waals surface area contributed by atoms with Gasteiger partial charge >= 0.3 is 0 Å². The second-order valence-corrected chi connectivity index (χ2v) is 6.18. The number of aryl methyl sites for hydroxylation is 2. The Bertz CT molecular complexity index is 396. The molecule has 2 unspecified atom stereocenters. The third-order valence-electron chi connectivity index (χ3n) is 4.43. The van der Waals surface area contributed by atoms with Crippen molar-refractivity contribution in [3.63, 3.8) is 0 Å². The van der Waals surface area contributed by atoms with Crippen LogP contribution in [0.3, 0.4) is 0 Å². The summed E-state index contributed by atoms with van der Waals surface area (Å²) in [5.74, 6) is 0.841. The van der Waals surface area contributed by atoms with E-state index in [-0.39, 0.29) is 5.54 Å². The van der Waals surface area contributed by atoms with Crippen molar-refractivity contribution in [1.29, 1.82) is 0 Å². The molecule has 0 saturated heterocycles. The van der Waals surface area contributed by atoms with Gasteiger partial charge in [0.1, 0.15) is 0 Å². The molecular weight excluding hydrogens is 222 g/mol. The van der Waals surface area contributed by atoms with Gasteiger partial charge in [-0.05, 0) is 37.7 Å². The van der Waals surface area contributed by atoms with E-state index in [1.54, 1.807) is 0 Å². The molecule has 2 rings (SSSR count). The van der Waals surface area contributed by atoms with Gasteiger partial charge in [-0.3, -0.25) is 4.68 Å². The van der Waals surface area contributed by atoms with Crippen LogP contribution in [-0.4, -0.2) is 15.3 Å². The van der Waals surface area contributed by atoms with E-state index in [9.17, 15) is 0 Å². The summed E-state index contributed by atoms with van der Waals surface area (Å²) in [5, 5.41) is 4.53. The molecule has 0 bridgehead atoms. The summed E-state index contributed by atoms with van der Waals surface area (Å²) in [6, 6.07) is 2.23. The Morgan fingerprint density at radius 2 is 2.22 bits per heavy atom. The van der Waals surface area contributed by atoms with Crippen molar-refractivity contribution >= 4 is 0 Å². The average Bonchev–Trinajstić information content (AvgIpc) is 2.58. The normalized spacial score (nSPS) is 29.2. The third kappa shape index (κ3) is 3.14. The molecule has 18 heavy (non-hydrogen) atoms. The predicted molar refractivity (Wildman–Crippen MR) is 75.5 cm³/mol. The van der Waals surface area contributed by atoms with Crippen LogP contribution in [0.25, 0.3) is 0 Å². The zero-order valence-electron chi connectivity index (χ0n) is 12.1. The number of nitrogens with two attached hydrogens (primary N) is 1. The van der Waals surface area contributed by atoms with Crippen LogP contribution in [0.5, 0.6) is 0 Å². The number of rotatable bonds is 3. The van der Waals surface area contributed by atoms with Crippen molar-refractivity contribution in [3.05, 3.63) is 17.5 Å². The number of hydrogen-bond acceptors (Lipinski definition) is 2. The minimum Gasteiger partial charge on any atom is -0.325 e. The fraction of sp³-hybridized carbons (Fsp3) is 0.800. The first-order valence-electron chi connectivity index (χ1n) is 7.33. The lowest BCUT2D eigenvalue weighted by molar-refractivity contribution is 0.355. The van der Waals surface area contributed by atoms with Crippen LogP contribution in [0.15, 0.2) is 6.07 Å². The number of aromatic nitrogens is 2. The number of nitrogens with zero attached hydrogens (tertiary/aromatic N) is 2. The molecule has 1 fully saturated rings. The van der Waals surface area contributed by atoms with Gasteiger partial charge in [-0.1, -0.05) is 26.7 Å². The Hall–Kier alpha value is -0.830. The van der Waals surface area contributed by atoms with Crippen LogP contribution < -0.4 is 5.73 Å². The molecular formula is C15H27N3. The van der Waals surface area contributed by atoms with Crippen molar-refractivity contribution in [2.75, 3.05) is 0 Å². The van der Waals surface area contributed by atoms with E-state index in [2.05, 4.69) is 25.0 Å². The fourth-order valence-electron chi connectivity index (χ4n) is 3.05. The maximum Gasteiger partial charge on any atom is 0.0624 e. The molecule has 1 saturated carbocycles. The van der Waals surface area contributed by atoms with E-state index in [4.69, 9.17) is 5.73 Å². The predicted octanol–water partition coefficient (Wildman–Crippen LogP) is 2.82. The van der Waals surface area contributed by atoms with E-state index < -0.39 is 0 Å². The van der Waals surface area contributed by atoms with Gasteiger partial charge in [-0.25, -0.2) is 0 Å². The second kappa shape index (κ2) is 5.43. The van der Waals surface area contributed by atoms with E-state index in [0.29, 0.717) is 0 Å². The number of hydrogen-bond donors (Lipinski definition) is 1. The van der Waals surface area contributed by atoms with Gasteiger partial charge in [-0.2, -0.15) is 5.10 Å². The highest BCUT2D eigenvalue weighted by molar-refractivity contribution is 5.13. The molecule has 3 heteroatoms. The Balaban J connectivity index is 2.08. The Morgan fingerprint density at radius 1 is 1.44 bits per heavy atom. The molecule has 0 aromatic carbocycles. The zero-order valence-corrected chi connectivity index (χ0v) is 12.1. The van der Waals surface area contributed by atoms with Crippen LogP contribution >= 0.6 is 0 Å². The van der Waals surface area contributed by atoms with E-state index >= 15 is 0 Å². The van der Waals surface area contributed by atoms with Crippen LogP contribution in [0.2, 0.25) is 0 Å². The molecule has 2 atom stereocenters. The first kappa shape index (κ1) is 13.6. The quantitative estimate of drug-likeness (QED) is 0.837. The molecule has 0 radical (unpaired) electrons. The summed E-state index contributed by atoms with van der Waals surface area (Å²) in [6.45, 7) is 4.50. The van der Waals surface area contributed by atoms with Gasteiger partial charge in [-0.15, -0.1) is 0 Å². The lowest BCUT2D eigenvalue weighted by atomic mass is 9.86. The Labute approximate surface area is 111 Å². The molecule has 1 heterocycles. The van der Waals surface area contributed by atoms with Crippen molar-refractivity contribution in [3.8, 4) is 0 Å².